The predicted octanol–water partition coefficient (Wildman–Crippen LogP) is 5.09. The quantitative estimate of drug-likeness (QED) is 0.634. The highest BCUT2D eigenvalue weighted by atomic mass is 19.1. The van der Waals surface area contributed by atoms with Crippen LogP contribution in [0.15, 0.2) is 18.2 Å². The molecule has 120 valence electrons. The van der Waals surface area contributed by atoms with Crippen LogP contribution in [0.3, 0.4) is 0 Å². The molecule has 1 nitrogen and oxygen atoms in total. The molecule has 1 aromatic rings. The van der Waals surface area contributed by atoms with Crippen molar-refractivity contribution in [1.82, 2.24) is 5.32 Å². The van der Waals surface area contributed by atoms with Crippen LogP contribution in [0.2, 0.25) is 0 Å². The number of hydrogen-bond donors (Lipinski definition) is 1. The highest BCUT2D eigenvalue weighted by Crippen LogP contribution is 2.23. The van der Waals surface area contributed by atoms with Gasteiger partial charge >= 0.3 is 0 Å². The van der Waals surface area contributed by atoms with E-state index in [0.717, 1.165) is 32.2 Å². The third-order valence-corrected chi connectivity index (χ3v) is 4.16. The summed E-state index contributed by atoms with van der Waals surface area (Å²) >= 11 is 0. The van der Waals surface area contributed by atoms with Crippen molar-refractivity contribution in [2.24, 2.45) is 5.92 Å². The molecule has 0 heterocycles. The Morgan fingerprint density at radius 2 is 1.71 bits per heavy atom. The minimum absolute atomic E-state index is 0.146. The summed E-state index contributed by atoms with van der Waals surface area (Å²) in [6, 6.07) is 4.27. The molecule has 0 radical (unpaired) electrons. The second kappa shape index (κ2) is 9.88. The van der Waals surface area contributed by atoms with E-state index in [1.54, 1.807) is 0 Å². The largest absolute Gasteiger partial charge is 0.313 e. The van der Waals surface area contributed by atoms with Gasteiger partial charge in [-0.25, -0.2) is 8.78 Å². The zero-order chi connectivity index (χ0) is 15.7. The molecule has 0 saturated heterocycles. The van der Waals surface area contributed by atoms with Crippen LogP contribution in [0, 0.1) is 17.6 Å². The Balaban J connectivity index is 2.85. The third kappa shape index (κ3) is 5.74. The lowest BCUT2D eigenvalue weighted by atomic mass is 9.87. The summed E-state index contributed by atoms with van der Waals surface area (Å²) in [4.78, 5) is 0. The molecule has 1 rings (SSSR count). The number of hydrogen-bond acceptors (Lipinski definition) is 1. The van der Waals surface area contributed by atoms with Crippen molar-refractivity contribution in [2.75, 3.05) is 6.54 Å². The minimum atomic E-state index is -0.427. The van der Waals surface area contributed by atoms with Gasteiger partial charge in [0, 0.05) is 11.6 Å². The summed E-state index contributed by atoms with van der Waals surface area (Å²) < 4.78 is 27.8. The second-order valence-corrected chi connectivity index (χ2v) is 5.78. The van der Waals surface area contributed by atoms with Gasteiger partial charge in [0.05, 0.1) is 0 Å². The Morgan fingerprint density at radius 3 is 2.24 bits per heavy atom. The van der Waals surface area contributed by atoms with Gasteiger partial charge in [0.1, 0.15) is 11.6 Å². The molecule has 2 atom stereocenters. The van der Waals surface area contributed by atoms with E-state index in [0.29, 0.717) is 12.3 Å². The van der Waals surface area contributed by atoms with E-state index in [2.05, 4.69) is 26.1 Å². The van der Waals surface area contributed by atoms with Gasteiger partial charge in [0.25, 0.3) is 0 Å². The molecule has 1 N–H and O–H groups in total. The summed E-state index contributed by atoms with van der Waals surface area (Å²) in [7, 11) is 0. The topological polar surface area (TPSA) is 12.0 Å². The van der Waals surface area contributed by atoms with Gasteiger partial charge < -0.3 is 5.32 Å². The molecule has 0 bridgehead atoms. The van der Waals surface area contributed by atoms with Crippen LogP contribution in [0.25, 0.3) is 0 Å². The first-order valence-corrected chi connectivity index (χ1v) is 8.30. The summed E-state index contributed by atoms with van der Waals surface area (Å²) in [6.45, 7) is 7.35. The summed E-state index contributed by atoms with van der Waals surface area (Å²) in [5.74, 6) is -0.386. The summed E-state index contributed by atoms with van der Waals surface area (Å²) in [5, 5.41) is 3.50. The Kier molecular flexibility index (Phi) is 8.51. The van der Waals surface area contributed by atoms with E-state index in [4.69, 9.17) is 0 Å². The highest BCUT2D eigenvalue weighted by Gasteiger charge is 2.22. The van der Waals surface area contributed by atoms with Crippen molar-refractivity contribution < 1.29 is 8.78 Å². The maximum absolute atomic E-state index is 13.9. The molecule has 0 amide bonds. The molecule has 0 fully saturated rings. The average Bonchev–Trinajstić information content (AvgIpc) is 2.48. The second-order valence-electron chi connectivity index (χ2n) is 5.78. The number of unbranched alkanes of at least 4 members (excludes halogenated alkanes) is 1. The molecule has 1 aromatic carbocycles. The van der Waals surface area contributed by atoms with E-state index >= 15 is 0 Å². The predicted molar refractivity (Wildman–Crippen MR) is 85.4 cm³/mol. The summed E-state index contributed by atoms with van der Waals surface area (Å²) in [5.41, 5.74) is 0.223. The molecule has 0 saturated carbocycles. The van der Waals surface area contributed by atoms with Crippen LogP contribution in [-0.2, 0) is 6.42 Å². The Morgan fingerprint density at radius 1 is 1.05 bits per heavy atom. The molecular formula is C18H29F2N. The average molecular weight is 297 g/mol. The fraction of sp³-hybridized carbons (Fsp3) is 0.667. The van der Waals surface area contributed by atoms with Gasteiger partial charge in [-0.05, 0) is 43.9 Å². The molecule has 21 heavy (non-hydrogen) atoms. The lowest BCUT2D eigenvalue weighted by molar-refractivity contribution is 0.310. The van der Waals surface area contributed by atoms with Crippen LogP contribution in [0.4, 0.5) is 8.78 Å². The van der Waals surface area contributed by atoms with Crippen molar-refractivity contribution in [2.45, 2.75) is 65.3 Å². The SMILES string of the molecule is CCCCC(CC)C(Cc1c(F)cccc1F)NCCC. The molecule has 3 heteroatoms. The van der Waals surface area contributed by atoms with Gasteiger partial charge in [-0.1, -0.05) is 46.1 Å². The van der Waals surface area contributed by atoms with Crippen LogP contribution in [-0.4, -0.2) is 12.6 Å². The number of nitrogens with one attached hydrogen (secondary N) is 1. The van der Waals surface area contributed by atoms with Crippen molar-refractivity contribution >= 4 is 0 Å². The summed E-state index contributed by atoms with van der Waals surface area (Å²) in [6.07, 6.45) is 5.94. The van der Waals surface area contributed by atoms with E-state index in [-0.39, 0.29) is 11.6 Å². The monoisotopic (exact) mass is 297 g/mol. The van der Waals surface area contributed by atoms with Gasteiger partial charge in [0.2, 0.25) is 0 Å². The highest BCUT2D eigenvalue weighted by molar-refractivity contribution is 5.21. The first-order chi connectivity index (χ1) is 10.1. The maximum atomic E-state index is 13.9. The normalized spacial score (nSPS) is 14.1. The first kappa shape index (κ1) is 18.1. The Bertz CT molecular complexity index is 386. The molecule has 0 aliphatic carbocycles. The maximum Gasteiger partial charge on any atom is 0.129 e. The molecular weight excluding hydrogens is 268 g/mol. The lowest BCUT2D eigenvalue weighted by Gasteiger charge is -2.28. The van der Waals surface area contributed by atoms with Gasteiger partial charge in [0.15, 0.2) is 0 Å². The zero-order valence-corrected chi connectivity index (χ0v) is 13.6. The van der Waals surface area contributed by atoms with Crippen molar-refractivity contribution in [3.05, 3.63) is 35.4 Å². The minimum Gasteiger partial charge on any atom is -0.313 e. The van der Waals surface area contributed by atoms with E-state index in [1.807, 2.05) is 0 Å². The first-order valence-electron chi connectivity index (χ1n) is 8.30. The van der Waals surface area contributed by atoms with Gasteiger partial charge in [-0.3, -0.25) is 0 Å². The molecule has 0 aliphatic rings. The molecule has 0 aromatic heterocycles. The smallest absolute Gasteiger partial charge is 0.129 e. The fourth-order valence-corrected chi connectivity index (χ4v) is 2.84. The molecule has 2 unspecified atom stereocenters. The van der Waals surface area contributed by atoms with E-state index in [1.165, 1.54) is 24.6 Å². The fourth-order valence-electron chi connectivity index (χ4n) is 2.84. The van der Waals surface area contributed by atoms with E-state index in [9.17, 15) is 8.78 Å². The Hall–Kier alpha value is -0.960. The van der Waals surface area contributed by atoms with Crippen molar-refractivity contribution in [3.8, 4) is 0 Å². The standard InChI is InChI=1S/C18H29F2N/c1-4-7-9-14(6-3)18(21-12-5-2)13-15-16(19)10-8-11-17(15)20/h8,10-11,14,18,21H,4-7,9,12-13H2,1-3H3. The molecule has 0 spiro atoms. The lowest BCUT2D eigenvalue weighted by Crippen LogP contribution is -2.39. The van der Waals surface area contributed by atoms with E-state index < -0.39 is 11.6 Å². The number of rotatable bonds is 10. The zero-order valence-electron chi connectivity index (χ0n) is 13.6. The third-order valence-electron chi connectivity index (χ3n) is 4.16. The van der Waals surface area contributed by atoms with Crippen LogP contribution < -0.4 is 5.32 Å². The van der Waals surface area contributed by atoms with Crippen LogP contribution in [0.1, 0.15) is 58.4 Å². The Labute approximate surface area is 128 Å². The van der Waals surface area contributed by atoms with Gasteiger partial charge in [-0.15, -0.1) is 0 Å². The van der Waals surface area contributed by atoms with Crippen LogP contribution in [0.5, 0.6) is 0 Å². The van der Waals surface area contributed by atoms with Gasteiger partial charge in [-0.2, -0.15) is 0 Å². The van der Waals surface area contributed by atoms with Crippen LogP contribution >= 0.6 is 0 Å². The molecule has 0 aliphatic heterocycles. The number of benzene rings is 1. The van der Waals surface area contributed by atoms with Crippen molar-refractivity contribution in [1.29, 1.82) is 0 Å². The number of halogens is 2. The van der Waals surface area contributed by atoms with Crippen molar-refractivity contribution in [3.63, 3.8) is 0 Å².